The van der Waals surface area contributed by atoms with Gasteiger partial charge in [0.2, 0.25) is 0 Å². The Balaban J connectivity index is 0.000000490. The lowest BCUT2D eigenvalue weighted by atomic mass is 10.5. The Hall–Kier alpha value is -0.600. The van der Waals surface area contributed by atoms with Crippen LogP contribution >= 0.6 is 11.3 Å². The van der Waals surface area contributed by atoms with E-state index in [1.807, 2.05) is 23.6 Å². The fourth-order valence-electron chi connectivity index (χ4n) is 0.407. The molecule has 0 fully saturated rings. The predicted molar refractivity (Wildman–Crippen MR) is 38.0 cm³/mol. The summed E-state index contributed by atoms with van der Waals surface area (Å²) >= 11 is 1.70. The molecule has 0 saturated carbocycles. The van der Waals surface area contributed by atoms with Gasteiger partial charge in [-0.3, -0.25) is 0 Å². The van der Waals surface area contributed by atoms with Crippen molar-refractivity contribution in [2.24, 2.45) is 0 Å². The average Bonchev–Trinajstić information content (AvgIpc) is 2.14. The summed E-state index contributed by atoms with van der Waals surface area (Å²) in [7, 11) is 0. The molecule has 8 heavy (non-hydrogen) atoms. The second kappa shape index (κ2) is 3.41. The molecular weight excluding hydrogens is 120 g/mol. The molecule has 1 aromatic rings. The number of rotatable bonds is 1. The fourth-order valence-corrected chi connectivity index (χ4v) is 0.975. The summed E-state index contributed by atoms with van der Waals surface area (Å²) in [4.78, 5) is 1.24. The smallest absolute Gasteiger partial charge is 0.0264 e. The Bertz CT molecular complexity index is 144. The summed E-state index contributed by atoms with van der Waals surface area (Å²) in [5.74, 6) is 0. The standard InChI is InChI=1S/C6H6S.H2O/c1-2-6-4-3-5-7-6;/h2-5H,1H2;1H2. The molecule has 0 spiro atoms. The van der Waals surface area contributed by atoms with E-state index in [4.69, 9.17) is 0 Å². The highest BCUT2D eigenvalue weighted by molar-refractivity contribution is 7.10. The lowest BCUT2D eigenvalue weighted by Crippen LogP contribution is -1.45. The minimum Gasteiger partial charge on any atom is -0.412 e. The van der Waals surface area contributed by atoms with E-state index in [1.165, 1.54) is 4.88 Å². The normalized spacial score (nSPS) is 7.50. The molecule has 2 heteroatoms. The van der Waals surface area contributed by atoms with E-state index in [2.05, 4.69) is 6.58 Å². The van der Waals surface area contributed by atoms with Crippen molar-refractivity contribution in [1.82, 2.24) is 0 Å². The van der Waals surface area contributed by atoms with Crippen LogP contribution in [-0.4, -0.2) is 5.48 Å². The summed E-state index contributed by atoms with van der Waals surface area (Å²) in [6.45, 7) is 3.61. The van der Waals surface area contributed by atoms with Gasteiger partial charge in [0.05, 0.1) is 0 Å². The van der Waals surface area contributed by atoms with Gasteiger partial charge in [-0.05, 0) is 11.4 Å². The van der Waals surface area contributed by atoms with E-state index >= 15 is 0 Å². The third kappa shape index (κ3) is 1.48. The van der Waals surface area contributed by atoms with Gasteiger partial charge >= 0.3 is 0 Å². The maximum absolute atomic E-state index is 3.61. The van der Waals surface area contributed by atoms with Crippen LogP contribution in [0.25, 0.3) is 6.08 Å². The molecule has 1 heterocycles. The third-order valence-electron chi connectivity index (χ3n) is 0.744. The van der Waals surface area contributed by atoms with Gasteiger partial charge in [-0.25, -0.2) is 0 Å². The maximum atomic E-state index is 3.61. The van der Waals surface area contributed by atoms with Crippen LogP contribution in [0.1, 0.15) is 4.88 Å². The SMILES string of the molecule is C=Cc1cccs1.O. The van der Waals surface area contributed by atoms with Crippen LogP contribution in [0.3, 0.4) is 0 Å². The summed E-state index contributed by atoms with van der Waals surface area (Å²) < 4.78 is 0. The van der Waals surface area contributed by atoms with Gasteiger partial charge in [0, 0.05) is 4.88 Å². The van der Waals surface area contributed by atoms with Crippen molar-refractivity contribution in [3.05, 3.63) is 29.0 Å². The highest BCUT2D eigenvalue weighted by Crippen LogP contribution is 2.07. The minimum absolute atomic E-state index is 0. The first-order valence-corrected chi connectivity index (χ1v) is 2.97. The highest BCUT2D eigenvalue weighted by atomic mass is 32.1. The number of hydrogen-bond acceptors (Lipinski definition) is 1. The third-order valence-corrected chi connectivity index (χ3v) is 1.61. The van der Waals surface area contributed by atoms with E-state index in [-0.39, 0.29) is 5.48 Å². The van der Waals surface area contributed by atoms with Crippen molar-refractivity contribution in [1.29, 1.82) is 0 Å². The largest absolute Gasteiger partial charge is 0.412 e. The van der Waals surface area contributed by atoms with E-state index in [1.54, 1.807) is 11.3 Å². The van der Waals surface area contributed by atoms with Crippen LogP contribution < -0.4 is 0 Å². The molecule has 0 aliphatic heterocycles. The molecule has 2 N–H and O–H groups in total. The molecule has 1 nitrogen and oxygen atoms in total. The van der Waals surface area contributed by atoms with Gasteiger partial charge in [-0.15, -0.1) is 11.3 Å². The Labute approximate surface area is 52.6 Å². The van der Waals surface area contributed by atoms with Crippen molar-refractivity contribution in [2.75, 3.05) is 0 Å². The zero-order valence-corrected chi connectivity index (χ0v) is 5.24. The van der Waals surface area contributed by atoms with Crippen LogP contribution in [0.2, 0.25) is 0 Å². The maximum Gasteiger partial charge on any atom is 0.0264 e. The summed E-state index contributed by atoms with van der Waals surface area (Å²) in [6.07, 6.45) is 1.85. The van der Waals surface area contributed by atoms with Crippen molar-refractivity contribution in [3.8, 4) is 0 Å². The molecule has 0 amide bonds. The second-order valence-corrected chi connectivity index (χ2v) is 2.20. The van der Waals surface area contributed by atoms with Gasteiger partial charge in [0.25, 0.3) is 0 Å². The molecule has 0 radical (unpaired) electrons. The highest BCUT2D eigenvalue weighted by Gasteiger charge is 1.78. The molecule has 0 aliphatic carbocycles. The Morgan fingerprint density at radius 2 is 2.38 bits per heavy atom. The van der Waals surface area contributed by atoms with E-state index in [0.29, 0.717) is 0 Å². The summed E-state index contributed by atoms with van der Waals surface area (Å²) in [5, 5.41) is 2.04. The van der Waals surface area contributed by atoms with Gasteiger partial charge in [-0.1, -0.05) is 18.7 Å². The van der Waals surface area contributed by atoms with E-state index in [9.17, 15) is 0 Å². The monoisotopic (exact) mass is 128 g/mol. The van der Waals surface area contributed by atoms with Crippen molar-refractivity contribution >= 4 is 17.4 Å². The van der Waals surface area contributed by atoms with Gasteiger partial charge in [0.15, 0.2) is 0 Å². The minimum atomic E-state index is 0. The number of thiophene rings is 1. The van der Waals surface area contributed by atoms with Crippen LogP contribution in [0, 0.1) is 0 Å². The first-order valence-electron chi connectivity index (χ1n) is 2.09. The Morgan fingerprint density at radius 3 is 2.62 bits per heavy atom. The molecule has 1 rings (SSSR count). The van der Waals surface area contributed by atoms with Crippen LogP contribution in [0.5, 0.6) is 0 Å². The van der Waals surface area contributed by atoms with Crippen molar-refractivity contribution in [2.45, 2.75) is 0 Å². The zero-order chi connectivity index (χ0) is 5.11. The lowest BCUT2D eigenvalue weighted by Gasteiger charge is -1.71. The van der Waals surface area contributed by atoms with Crippen molar-refractivity contribution in [3.63, 3.8) is 0 Å². The lowest BCUT2D eigenvalue weighted by molar-refractivity contribution is 0.824. The van der Waals surface area contributed by atoms with Gasteiger partial charge in [0.1, 0.15) is 0 Å². The Morgan fingerprint density at radius 1 is 1.62 bits per heavy atom. The van der Waals surface area contributed by atoms with Crippen LogP contribution in [0.4, 0.5) is 0 Å². The molecule has 0 saturated heterocycles. The van der Waals surface area contributed by atoms with Crippen LogP contribution in [0.15, 0.2) is 24.1 Å². The van der Waals surface area contributed by atoms with Crippen LogP contribution in [-0.2, 0) is 0 Å². The molecule has 0 unspecified atom stereocenters. The quantitative estimate of drug-likeness (QED) is 0.549. The Kier molecular flexibility index (Phi) is 3.15. The first-order chi connectivity index (χ1) is 3.43. The molecule has 0 bridgehead atoms. The van der Waals surface area contributed by atoms with Gasteiger partial charge in [-0.2, -0.15) is 0 Å². The summed E-state index contributed by atoms with van der Waals surface area (Å²) in [6, 6.07) is 4.05. The topological polar surface area (TPSA) is 31.5 Å². The molecule has 0 atom stereocenters. The van der Waals surface area contributed by atoms with E-state index in [0.717, 1.165) is 0 Å². The van der Waals surface area contributed by atoms with Gasteiger partial charge < -0.3 is 5.48 Å². The molecule has 0 aliphatic rings. The average molecular weight is 128 g/mol. The predicted octanol–water partition coefficient (Wildman–Crippen LogP) is 1.57. The number of hydrogen-bond donors (Lipinski definition) is 0. The molecule has 1 aromatic heterocycles. The summed E-state index contributed by atoms with van der Waals surface area (Å²) in [5.41, 5.74) is 0. The molecule has 44 valence electrons. The first kappa shape index (κ1) is 7.40. The molecule has 0 aromatic carbocycles. The zero-order valence-electron chi connectivity index (χ0n) is 4.42. The second-order valence-electron chi connectivity index (χ2n) is 1.22. The van der Waals surface area contributed by atoms with E-state index < -0.39 is 0 Å². The van der Waals surface area contributed by atoms with Crippen molar-refractivity contribution < 1.29 is 5.48 Å². The fraction of sp³-hybridized carbons (Fsp3) is 0. The molecular formula is C6H8OS.